The lowest BCUT2D eigenvalue weighted by Crippen LogP contribution is -2.29. The zero-order valence-corrected chi connectivity index (χ0v) is 27.4. The Morgan fingerprint density at radius 3 is 2.09 bits per heavy atom. The molecule has 0 heterocycles. The van der Waals surface area contributed by atoms with Crippen LogP contribution in [0.15, 0.2) is 150 Å². The number of rotatable bonds is 6. The molecule has 228 valence electrons. The van der Waals surface area contributed by atoms with Crippen molar-refractivity contribution in [2.45, 2.75) is 53.0 Å². The van der Waals surface area contributed by atoms with Gasteiger partial charge in [0, 0.05) is 28.3 Å². The second-order valence-electron chi connectivity index (χ2n) is 13.1. The quantitative estimate of drug-likeness (QED) is 0.260. The molecule has 0 N–H and O–H groups in total. The molecule has 4 aliphatic carbocycles. The fourth-order valence-corrected chi connectivity index (χ4v) is 6.80. The number of nitrogens with zero attached hydrogens (tertiary/aromatic N) is 2. The fraction of sp³-hybridized carbons (Fsp3) is 0.227. The van der Waals surface area contributed by atoms with Gasteiger partial charge in [0.2, 0.25) is 0 Å². The van der Waals surface area contributed by atoms with E-state index in [4.69, 9.17) is 0 Å². The minimum Gasteiger partial charge on any atom is -0.323 e. The third-order valence-corrected chi connectivity index (χ3v) is 9.47. The Kier molecular flexibility index (Phi) is 8.25. The lowest BCUT2D eigenvalue weighted by molar-refractivity contribution is 0.555. The van der Waals surface area contributed by atoms with E-state index in [0.29, 0.717) is 5.92 Å². The molecule has 7 rings (SSSR count). The van der Waals surface area contributed by atoms with Crippen LogP contribution in [0.4, 0.5) is 11.4 Å². The number of aryl methyl sites for hydroxylation is 2. The molecule has 0 saturated carbocycles. The molecule has 2 nitrogen and oxygen atoms in total. The van der Waals surface area contributed by atoms with E-state index < -0.39 is 0 Å². The Morgan fingerprint density at radius 1 is 0.717 bits per heavy atom. The first kappa shape index (κ1) is 29.7. The summed E-state index contributed by atoms with van der Waals surface area (Å²) in [6.45, 7) is 8.82. The van der Waals surface area contributed by atoms with Gasteiger partial charge >= 0.3 is 0 Å². The predicted molar refractivity (Wildman–Crippen MR) is 194 cm³/mol. The van der Waals surface area contributed by atoms with Crippen LogP contribution < -0.4 is 4.90 Å². The van der Waals surface area contributed by atoms with E-state index in [1.165, 1.54) is 50.5 Å². The van der Waals surface area contributed by atoms with Gasteiger partial charge in [-0.1, -0.05) is 127 Å². The fourth-order valence-electron chi connectivity index (χ4n) is 6.80. The monoisotopic (exact) mass is 598 g/mol. The van der Waals surface area contributed by atoms with Gasteiger partial charge in [0.25, 0.3) is 0 Å². The molecule has 3 atom stereocenters. The summed E-state index contributed by atoms with van der Waals surface area (Å²) in [5, 5.41) is 0. The van der Waals surface area contributed by atoms with E-state index in [9.17, 15) is 0 Å². The zero-order valence-electron chi connectivity index (χ0n) is 27.4. The first-order valence-electron chi connectivity index (χ1n) is 16.6. The highest BCUT2D eigenvalue weighted by Gasteiger charge is 2.32. The average molecular weight is 599 g/mol. The molecule has 3 aromatic rings. The Morgan fingerprint density at radius 2 is 1.43 bits per heavy atom. The lowest BCUT2D eigenvalue weighted by Gasteiger charge is -2.39. The van der Waals surface area contributed by atoms with E-state index in [1.54, 1.807) is 0 Å². The van der Waals surface area contributed by atoms with E-state index in [1.807, 2.05) is 0 Å². The summed E-state index contributed by atoms with van der Waals surface area (Å²) < 4.78 is 0. The van der Waals surface area contributed by atoms with Crippen molar-refractivity contribution >= 4 is 17.1 Å². The molecule has 0 bridgehead atoms. The summed E-state index contributed by atoms with van der Waals surface area (Å²) in [4.78, 5) is 4.98. The molecule has 0 aromatic heterocycles. The van der Waals surface area contributed by atoms with Crippen LogP contribution in [0.1, 0.15) is 61.4 Å². The van der Waals surface area contributed by atoms with E-state index in [-0.39, 0.29) is 12.0 Å². The molecule has 0 amide bonds. The van der Waals surface area contributed by atoms with Gasteiger partial charge in [0.15, 0.2) is 0 Å². The summed E-state index contributed by atoms with van der Waals surface area (Å²) in [7, 11) is 0. The third-order valence-electron chi connectivity index (χ3n) is 9.47. The maximum absolute atomic E-state index is 3.82. The predicted octanol–water partition coefficient (Wildman–Crippen LogP) is 11.1. The van der Waals surface area contributed by atoms with Crippen LogP contribution in [0.2, 0.25) is 0 Å². The van der Waals surface area contributed by atoms with Gasteiger partial charge in [-0.05, 0) is 93.5 Å². The number of anilines is 2. The highest BCUT2D eigenvalue weighted by Crippen LogP contribution is 2.45. The third kappa shape index (κ3) is 5.86. The number of hydrogen-bond acceptors (Lipinski definition) is 2. The van der Waals surface area contributed by atoms with Crippen molar-refractivity contribution in [1.82, 2.24) is 4.90 Å². The standard InChI is InChI=1S/C44H42N2/c1-31-13-22-36(23-14-31)45(37-24-15-32(2)16-25-37)43-30-21-35-9-5-6-10-40(35)44(42-12-8-7-11-41(42)43)46(38-26-17-33(3)18-27-38)39-28-19-34(4)20-29-39/h5-17,19,22-28,33,35,43H,18,20,29H2,1-4H3/b44-40+. The topological polar surface area (TPSA) is 6.48 Å². The second kappa shape index (κ2) is 12.8. The summed E-state index contributed by atoms with van der Waals surface area (Å²) >= 11 is 0. The minimum absolute atomic E-state index is 0.0233. The summed E-state index contributed by atoms with van der Waals surface area (Å²) in [5.74, 6) is 8.11. The molecule has 0 radical (unpaired) electrons. The lowest BCUT2D eigenvalue weighted by atomic mass is 9.84. The summed E-state index contributed by atoms with van der Waals surface area (Å²) in [6.07, 6.45) is 23.7. The molecule has 2 heteroatoms. The molecule has 4 aliphatic rings. The normalized spacial score (nSPS) is 23.0. The summed E-state index contributed by atoms with van der Waals surface area (Å²) in [6, 6.07) is 26.5. The van der Waals surface area contributed by atoms with Gasteiger partial charge < -0.3 is 9.80 Å². The van der Waals surface area contributed by atoms with Crippen molar-refractivity contribution < 1.29 is 0 Å². The summed E-state index contributed by atoms with van der Waals surface area (Å²) in [5.41, 5.74) is 13.7. The highest BCUT2D eigenvalue weighted by atomic mass is 15.2. The van der Waals surface area contributed by atoms with Crippen LogP contribution in [0.5, 0.6) is 0 Å². The Hall–Kier alpha value is -5.00. The Bertz CT molecular complexity index is 1870. The van der Waals surface area contributed by atoms with Gasteiger partial charge in [-0.3, -0.25) is 0 Å². The van der Waals surface area contributed by atoms with Gasteiger partial charge in [0.1, 0.15) is 6.04 Å². The van der Waals surface area contributed by atoms with Crippen molar-refractivity contribution in [2.24, 2.45) is 11.8 Å². The van der Waals surface area contributed by atoms with Crippen LogP contribution in [0, 0.1) is 37.5 Å². The van der Waals surface area contributed by atoms with Crippen LogP contribution >= 0.6 is 0 Å². The first-order chi connectivity index (χ1) is 22.5. The molecular weight excluding hydrogens is 556 g/mol. The van der Waals surface area contributed by atoms with Crippen molar-refractivity contribution in [3.8, 4) is 11.8 Å². The van der Waals surface area contributed by atoms with Crippen molar-refractivity contribution in [3.05, 3.63) is 172 Å². The molecule has 0 spiro atoms. The van der Waals surface area contributed by atoms with Crippen molar-refractivity contribution in [1.29, 1.82) is 0 Å². The van der Waals surface area contributed by atoms with Gasteiger partial charge in [-0.2, -0.15) is 0 Å². The van der Waals surface area contributed by atoms with Crippen LogP contribution in [0.25, 0.3) is 5.70 Å². The SMILES string of the molecule is CC1=CC=C(N(C2=CCC(C)C=C2)/C2=C3\C=CC=CC3C#CC(N(c3ccc(C)cc3)c3ccc(C)cc3)c3ccccc32)CC1. The minimum atomic E-state index is -0.197. The van der Waals surface area contributed by atoms with E-state index in [2.05, 4.69) is 177 Å². The zero-order chi connectivity index (χ0) is 31.6. The highest BCUT2D eigenvalue weighted by molar-refractivity contribution is 5.80. The second-order valence-corrected chi connectivity index (χ2v) is 13.1. The largest absolute Gasteiger partial charge is 0.323 e. The molecule has 3 aromatic carbocycles. The average Bonchev–Trinajstić information content (AvgIpc) is 3.07. The Balaban J connectivity index is 1.48. The van der Waals surface area contributed by atoms with Gasteiger partial charge in [-0.15, -0.1) is 0 Å². The van der Waals surface area contributed by atoms with Gasteiger partial charge in [-0.25, -0.2) is 0 Å². The van der Waals surface area contributed by atoms with E-state index in [0.717, 1.165) is 30.6 Å². The van der Waals surface area contributed by atoms with Crippen LogP contribution in [-0.2, 0) is 0 Å². The van der Waals surface area contributed by atoms with Crippen molar-refractivity contribution in [2.75, 3.05) is 4.90 Å². The maximum Gasteiger partial charge on any atom is 0.121 e. The molecule has 0 aliphatic heterocycles. The number of allylic oxidation sites excluding steroid dienone is 12. The number of hydrogen-bond donors (Lipinski definition) is 0. The first-order valence-corrected chi connectivity index (χ1v) is 16.6. The number of fused-ring (bicyclic) bond motifs is 2. The van der Waals surface area contributed by atoms with E-state index >= 15 is 0 Å². The van der Waals surface area contributed by atoms with Crippen molar-refractivity contribution in [3.63, 3.8) is 0 Å². The number of benzene rings is 3. The molecule has 3 unspecified atom stereocenters. The van der Waals surface area contributed by atoms with Crippen LogP contribution in [-0.4, -0.2) is 4.90 Å². The smallest absolute Gasteiger partial charge is 0.121 e. The van der Waals surface area contributed by atoms with Crippen LogP contribution in [0.3, 0.4) is 0 Å². The Labute approximate surface area is 275 Å². The molecule has 46 heavy (non-hydrogen) atoms. The van der Waals surface area contributed by atoms with Gasteiger partial charge in [0.05, 0.1) is 11.6 Å². The molecular formula is C44H42N2. The molecule has 0 saturated heterocycles. The maximum atomic E-state index is 3.82. The molecule has 0 fully saturated rings.